The number of carbonyl (C=O) groups is 2. The highest BCUT2D eigenvalue weighted by Crippen LogP contribution is 2.30. The van der Waals surface area contributed by atoms with Crippen LogP contribution in [0.15, 0.2) is 18.2 Å². The molecular formula is C14H17N3O2. The molecule has 1 aromatic rings. The summed E-state index contributed by atoms with van der Waals surface area (Å²) in [6, 6.07) is 5.84. The molecule has 5 heteroatoms. The molecule has 2 aliphatic rings. The first-order valence-electron chi connectivity index (χ1n) is 6.61. The summed E-state index contributed by atoms with van der Waals surface area (Å²) >= 11 is 0. The highest BCUT2D eigenvalue weighted by atomic mass is 16.2. The molecule has 19 heavy (non-hydrogen) atoms. The summed E-state index contributed by atoms with van der Waals surface area (Å²) in [6.45, 7) is 0.439. The van der Waals surface area contributed by atoms with Gasteiger partial charge in [-0.15, -0.1) is 0 Å². The van der Waals surface area contributed by atoms with E-state index in [9.17, 15) is 9.59 Å². The van der Waals surface area contributed by atoms with E-state index >= 15 is 0 Å². The molecule has 3 N–H and O–H groups in total. The number of benzene rings is 1. The van der Waals surface area contributed by atoms with Crippen LogP contribution in [-0.2, 0) is 16.0 Å². The van der Waals surface area contributed by atoms with Gasteiger partial charge in [0.15, 0.2) is 0 Å². The Labute approximate surface area is 111 Å². The maximum absolute atomic E-state index is 11.9. The first kappa shape index (κ1) is 12.0. The average Bonchev–Trinajstić information content (AvgIpc) is 3.10. The van der Waals surface area contributed by atoms with Gasteiger partial charge in [0.25, 0.3) is 0 Å². The number of rotatable bonds is 4. The van der Waals surface area contributed by atoms with Gasteiger partial charge < -0.3 is 16.0 Å². The summed E-state index contributed by atoms with van der Waals surface area (Å²) in [5.74, 6) is 0.0685. The predicted octanol–water partition coefficient (Wildman–Crippen LogP) is 0.827. The fourth-order valence-corrected chi connectivity index (χ4v) is 2.39. The van der Waals surface area contributed by atoms with Crippen LogP contribution in [0.5, 0.6) is 0 Å². The number of nitrogens with one attached hydrogen (secondary N) is 1. The SMILES string of the molecule is Nc1ccc2c(c1)CC(=O)N2CCC(=O)NC1CC1. The first-order chi connectivity index (χ1) is 9.13. The van der Waals surface area contributed by atoms with E-state index in [0.29, 0.717) is 31.1 Å². The molecule has 0 atom stereocenters. The van der Waals surface area contributed by atoms with Crippen LogP contribution < -0.4 is 16.0 Å². The lowest BCUT2D eigenvalue weighted by molar-refractivity contribution is -0.121. The van der Waals surface area contributed by atoms with Crippen molar-refractivity contribution in [2.24, 2.45) is 0 Å². The van der Waals surface area contributed by atoms with Crippen molar-refractivity contribution in [1.29, 1.82) is 0 Å². The Morgan fingerprint density at radius 3 is 2.95 bits per heavy atom. The van der Waals surface area contributed by atoms with Crippen molar-refractivity contribution >= 4 is 23.2 Å². The molecule has 5 nitrogen and oxygen atoms in total. The lowest BCUT2D eigenvalue weighted by Crippen LogP contribution is -2.33. The number of amides is 2. The summed E-state index contributed by atoms with van der Waals surface area (Å²) in [5, 5.41) is 2.93. The zero-order valence-corrected chi connectivity index (χ0v) is 10.7. The van der Waals surface area contributed by atoms with Crippen LogP contribution in [0.3, 0.4) is 0 Å². The van der Waals surface area contributed by atoms with Crippen LogP contribution in [0.25, 0.3) is 0 Å². The van der Waals surface area contributed by atoms with Crippen LogP contribution >= 0.6 is 0 Å². The maximum atomic E-state index is 11.9. The summed E-state index contributed by atoms with van der Waals surface area (Å²) in [7, 11) is 0. The van der Waals surface area contributed by atoms with Gasteiger partial charge in [-0.2, -0.15) is 0 Å². The van der Waals surface area contributed by atoms with Gasteiger partial charge in [0.05, 0.1) is 6.42 Å². The Hall–Kier alpha value is -2.04. The fraction of sp³-hybridized carbons (Fsp3) is 0.429. The zero-order chi connectivity index (χ0) is 13.4. The molecule has 0 saturated heterocycles. The second-order valence-electron chi connectivity index (χ2n) is 5.20. The third kappa shape index (κ3) is 2.54. The van der Waals surface area contributed by atoms with Gasteiger partial charge in [-0.05, 0) is 36.6 Å². The molecule has 0 unspecified atom stereocenters. The van der Waals surface area contributed by atoms with Crippen LogP contribution in [-0.4, -0.2) is 24.4 Å². The third-order valence-electron chi connectivity index (χ3n) is 3.54. The number of nitrogens with two attached hydrogens (primary N) is 1. The summed E-state index contributed by atoms with van der Waals surface area (Å²) in [4.78, 5) is 25.3. The van der Waals surface area contributed by atoms with Crippen molar-refractivity contribution in [3.05, 3.63) is 23.8 Å². The summed E-state index contributed by atoms with van der Waals surface area (Å²) in [6.07, 6.45) is 2.89. The topological polar surface area (TPSA) is 75.4 Å². The van der Waals surface area contributed by atoms with Gasteiger partial charge in [-0.1, -0.05) is 0 Å². The Kier molecular flexibility index (Phi) is 2.89. The van der Waals surface area contributed by atoms with E-state index in [1.165, 1.54) is 0 Å². The van der Waals surface area contributed by atoms with E-state index in [1.807, 2.05) is 12.1 Å². The Morgan fingerprint density at radius 1 is 1.42 bits per heavy atom. The number of fused-ring (bicyclic) bond motifs is 1. The van der Waals surface area contributed by atoms with E-state index in [2.05, 4.69) is 5.32 Å². The van der Waals surface area contributed by atoms with E-state index < -0.39 is 0 Å². The lowest BCUT2D eigenvalue weighted by Gasteiger charge is -2.17. The highest BCUT2D eigenvalue weighted by Gasteiger charge is 2.28. The molecule has 0 spiro atoms. The van der Waals surface area contributed by atoms with Gasteiger partial charge in [0.2, 0.25) is 11.8 Å². The molecule has 1 aliphatic carbocycles. The molecule has 1 aromatic carbocycles. The largest absolute Gasteiger partial charge is 0.399 e. The summed E-state index contributed by atoms with van der Waals surface area (Å²) < 4.78 is 0. The number of anilines is 2. The van der Waals surface area contributed by atoms with Crippen LogP contribution in [0, 0.1) is 0 Å². The minimum absolute atomic E-state index is 0.0270. The van der Waals surface area contributed by atoms with Crippen molar-refractivity contribution in [1.82, 2.24) is 5.32 Å². The van der Waals surface area contributed by atoms with Crippen LogP contribution in [0.1, 0.15) is 24.8 Å². The van der Waals surface area contributed by atoms with Gasteiger partial charge >= 0.3 is 0 Å². The van der Waals surface area contributed by atoms with Crippen LogP contribution in [0.2, 0.25) is 0 Å². The quantitative estimate of drug-likeness (QED) is 0.786. The molecular weight excluding hydrogens is 242 g/mol. The van der Waals surface area contributed by atoms with Crippen molar-refractivity contribution in [3.63, 3.8) is 0 Å². The monoisotopic (exact) mass is 259 g/mol. The molecule has 0 radical (unpaired) electrons. The Morgan fingerprint density at radius 2 is 2.21 bits per heavy atom. The number of nitrogen functional groups attached to an aromatic ring is 1. The molecule has 100 valence electrons. The minimum atomic E-state index is 0.0270. The molecule has 0 bridgehead atoms. The molecule has 1 fully saturated rings. The fourth-order valence-electron chi connectivity index (χ4n) is 2.39. The second kappa shape index (κ2) is 4.57. The second-order valence-corrected chi connectivity index (χ2v) is 5.20. The average molecular weight is 259 g/mol. The third-order valence-corrected chi connectivity index (χ3v) is 3.54. The van der Waals surface area contributed by atoms with E-state index in [0.717, 1.165) is 24.1 Å². The van der Waals surface area contributed by atoms with Crippen molar-refractivity contribution in [3.8, 4) is 0 Å². The molecule has 1 heterocycles. The van der Waals surface area contributed by atoms with Gasteiger partial charge in [0, 0.05) is 30.4 Å². The minimum Gasteiger partial charge on any atom is -0.399 e. The molecule has 2 amide bonds. The maximum Gasteiger partial charge on any atom is 0.231 e. The lowest BCUT2D eigenvalue weighted by atomic mass is 10.1. The predicted molar refractivity (Wildman–Crippen MR) is 72.7 cm³/mol. The normalized spacial score (nSPS) is 17.5. The number of hydrogen-bond donors (Lipinski definition) is 2. The van der Waals surface area contributed by atoms with Crippen LogP contribution in [0.4, 0.5) is 11.4 Å². The molecule has 1 saturated carbocycles. The van der Waals surface area contributed by atoms with E-state index in [-0.39, 0.29) is 11.8 Å². The molecule has 1 aliphatic heterocycles. The molecule has 3 rings (SSSR count). The number of nitrogens with zero attached hydrogens (tertiary/aromatic N) is 1. The van der Waals surface area contributed by atoms with Gasteiger partial charge in [0.1, 0.15) is 0 Å². The first-order valence-corrected chi connectivity index (χ1v) is 6.61. The smallest absolute Gasteiger partial charge is 0.231 e. The highest BCUT2D eigenvalue weighted by molar-refractivity contribution is 6.02. The van der Waals surface area contributed by atoms with E-state index in [1.54, 1.807) is 11.0 Å². The Balaban J connectivity index is 1.64. The van der Waals surface area contributed by atoms with Gasteiger partial charge in [-0.3, -0.25) is 9.59 Å². The number of hydrogen-bond acceptors (Lipinski definition) is 3. The Bertz CT molecular complexity index is 537. The summed E-state index contributed by atoms with van der Waals surface area (Å²) in [5.41, 5.74) is 8.22. The van der Waals surface area contributed by atoms with Crippen molar-refractivity contribution in [2.75, 3.05) is 17.2 Å². The van der Waals surface area contributed by atoms with Crippen molar-refractivity contribution in [2.45, 2.75) is 31.7 Å². The standard InChI is InChI=1S/C14H17N3O2/c15-10-1-4-12-9(7-10)8-14(19)17(12)6-5-13(18)16-11-2-3-11/h1,4,7,11H,2-3,5-6,8,15H2,(H,16,18). The zero-order valence-electron chi connectivity index (χ0n) is 10.7. The molecule has 0 aromatic heterocycles. The van der Waals surface area contributed by atoms with Gasteiger partial charge in [-0.25, -0.2) is 0 Å². The van der Waals surface area contributed by atoms with Crippen molar-refractivity contribution < 1.29 is 9.59 Å². The number of carbonyl (C=O) groups excluding carboxylic acids is 2. The van der Waals surface area contributed by atoms with E-state index in [4.69, 9.17) is 5.73 Å².